The SMILES string of the molecule is O=S(=O)(NCc1cc(Cl)ccc1Cl)c1cccc2cccc(Cl)c12. The molecule has 3 aromatic carbocycles. The number of sulfonamides is 1. The quantitative estimate of drug-likeness (QED) is 0.647. The highest BCUT2D eigenvalue weighted by atomic mass is 35.5. The lowest BCUT2D eigenvalue weighted by Crippen LogP contribution is -2.23. The predicted octanol–water partition coefficient (Wildman–Crippen LogP) is 5.28. The second-order valence-corrected chi connectivity index (χ2v) is 8.14. The first-order valence-corrected chi connectivity index (χ1v) is 9.61. The van der Waals surface area contributed by atoms with Crippen LogP contribution in [-0.4, -0.2) is 8.42 Å². The van der Waals surface area contributed by atoms with Gasteiger partial charge >= 0.3 is 0 Å². The molecule has 3 nitrogen and oxygen atoms in total. The Hall–Kier alpha value is -1.30. The number of benzene rings is 3. The Kier molecular flexibility index (Phi) is 5.04. The van der Waals surface area contributed by atoms with Gasteiger partial charge < -0.3 is 0 Å². The van der Waals surface area contributed by atoms with Crippen LogP contribution in [0.1, 0.15) is 5.56 Å². The van der Waals surface area contributed by atoms with Crippen LogP contribution in [-0.2, 0) is 16.6 Å². The number of halogens is 3. The Morgan fingerprint density at radius 3 is 2.33 bits per heavy atom. The van der Waals surface area contributed by atoms with E-state index >= 15 is 0 Å². The first kappa shape index (κ1) is 17.5. The molecule has 124 valence electrons. The summed E-state index contributed by atoms with van der Waals surface area (Å²) in [5.74, 6) is 0. The average molecular weight is 401 g/mol. The second-order valence-electron chi connectivity index (χ2n) is 5.15. The van der Waals surface area contributed by atoms with Gasteiger partial charge in [-0.25, -0.2) is 13.1 Å². The fourth-order valence-corrected chi connectivity index (χ4v) is 4.39. The zero-order valence-corrected chi connectivity index (χ0v) is 15.3. The summed E-state index contributed by atoms with van der Waals surface area (Å²) in [5, 5.41) is 2.56. The Morgan fingerprint density at radius 2 is 1.58 bits per heavy atom. The predicted molar refractivity (Wildman–Crippen MR) is 99.4 cm³/mol. The molecule has 0 unspecified atom stereocenters. The normalized spacial score (nSPS) is 11.8. The highest BCUT2D eigenvalue weighted by molar-refractivity contribution is 7.89. The molecule has 0 fully saturated rings. The molecule has 3 aromatic rings. The summed E-state index contributed by atoms with van der Waals surface area (Å²) in [6.07, 6.45) is 0. The molecule has 0 saturated heterocycles. The van der Waals surface area contributed by atoms with Gasteiger partial charge in [0.15, 0.2) is 0 Å². The maximum absolute atomic E-state index is 12.7. The van der Waals surface area contributed by atoms with E-state index in [0.29, 0.717) is 26.0 Å². The summed E-state index contributed by atoms with van der Waals surface area (Å²) in [6.45, 7) is 0.0303. The second kappa shape index (κ2) is 6.90. The van der Waals surface area contributed by atoms with Crippen molar-refractivity contribution in [1.82, 2.24) is 4.72 Å². The molecule has 0 aliphatic heterocycles. The molecular weight excluding hydrogens is 389 g/mol. The molecule has 0 amide bonds. The van der Waals surface area contributed by atoms with Crippen molar-refractivity contribution in [2.24, 2.45) is 0 Å². The lowest BCUT2D eigenvalue weighted by Gasteiger charge is -2.11. The van der Waals surface area contributed by atoms with Gasteiger partial charge in [0.05, 0.1) is 4.90 Å². The molecule has 0 spiro atoms. The lowest BCUT2D eigenvalue weighted by molar-refractivity contribution is 0.582. The highest BCUT2D eigenvalue weighted by Gasteiger charge is 2.19. The summed E-state index contributed by atoms with van der Waals surface area (Å²) in [4.78, 5) is 0.128. The van der Waals surface area contributed by atoms with Crippen molar-refractivity contribution in [3.05, 3.63) is 75.2 Å². The average Bonchev–Trinajstić information content (AvgIpc) is 2.55. The van der Waals surface area contributed by atoms with Gasteiger partial charge in [0.1, 0.15) is 0 Å². The lowest BCUT2D eigenvalue weighted by atomic mass is 10.1. The van der Waals surface area contributed by atoms with Gasteiger partial charge in [-0.1, -0.05) is 59.1 Å². The zero-order chi connectivity index (χ0) is 17.3. The van der Waals surface area contributed by atoms with Crippen LogP contribution in [0.5, 0.6) is 0 Å². The smallest absolute Gasteiger partial charge is 0.207 e. The van der Waals surface area contributed by atoms with E-state index in [1.54, 1.807) is 36.4 Å². The largest absolute Gasteiger partial charge is 0.241 e. The van der Waals surface area contributed by atoms with Gasteiger partial charge in [0.25, 0.3) is 0 Å². The van der Waals surface area contributed by atoms with Gasteiger partial charge in [-0.2, -0.15) is 0 Å². The number of fused-ring (bicyclic) bond motifs is 1. The highest BCUT2D eigenvalue weighted by Crippen LogP contribution is 2.30. The minimum atomic E-state index is -3.77. The summed E-state index contributed by atoms with van der Waals surface area (Å²) >= 11 is 18.2. The van der Waals surface area contributed by atoms with E-state index in [0.717, 1.165) is 5.39 Å². The van der Waals surface area contributed by atoms with Gasteiger partial charge in [0.2, 0.25) is 10.0 Å². The fourth-order valence-electron chi connectivity index (χ4n) is 2.42. The molecule has 0 aliphatic carbocycles. The molecule has 1 N–H and O–H groups in total. The number of hydrogen-bond donors (Lipinski definition) is 1. The van der Waals surface area contributed by atoms with Gasteiger partial charge in [-0.3, -0.25) is 0 Å². The molecule has 3 rings (SSSR count). The van der Waals surface area contributed by atoms with Crippen LogP contribution in [0.2, 0.25) is 15.1 Å². The molecule has 0 aromatic heterocycles. The monoisotopic (exact) mass is 399 g/mol. The van der Waals surface area contributed by atoms with Crippen LogP contribution in [0.25, 0.3) is 10.8 Å². The standard InChI is InChI=1S/C17H12Cl3NO2S/c18-13-7-8-14(19)12(9-13)10-21-24(22,23)16-6-2-4-11-3-1-5-15(20)17(11)16/h1-9,21H,10H2. The molecule has 7 heteroatoms. The minimum Gasteiger partial charge on any atom is -0.207 e. The number of hydrogen-bond acceptors (Lipinski definition) is 2. The molecular formula is C17H12Cl3NO2S. The van der Waals surface area contributed by atoms with Crippen LogP contribution < -0.4 is 4.72 Å². The van der Waals surface area contributed by atoms with Crippen molar-refractivity contribution in [3.8, 4) is 0 Å². The number of rotatable bonds is 4. The van der Waals surface area contributed by atoms with Crippen molar-refractivity contribution in [2.75, 3.05) is 0 Å². The van der Waals surface area contributed by atoms with E-state index in [4.69, 9.17) is 34.8 Å². The van der Waals surface area contributed by atoms with E-state index in [1.807, 2.05) is 12.1 Å². The summed E-state index contributed by atoms with van der Waals surface area (Å²) in [7, 11) is -3.77. The fraction of sp³-hybridized carbons (Fsp3) is 0.0588. The molecule has 0 saturated carbocycles. The topological polar surface area (TPSA) is 46.2 Å². The first-order chi connectivity index (χ1) is 11.4. The molecule has 0 aliphatic rings. The van der Waals surface area contributed by atoms with Gasteiger partial charge in [-0.05, 0) is 41.3 Å². The van der Waals surface area contributed by atoms with E-state index in [1.165, 1.54) is 6.07 Å². The molecule has 0 atom stereocenters. The third-order valence-corrected chi connectivity index (χ3v) is 5.93. The zero-order valence-electron chi connectivity index (χ0n) is 12.3. The van der Waals surface area contributed by atoms with Crippen molar-refractivity contribution >= 4 is 55.6 Å². The summed E-state index contributed by atoms with van der Waals surface area (Å²) in [6, 6.07) is 15.2. The Balaban J connectivity index is 1.98. The third-order valence-electron chi connectivity index (χ3n) is 3.57. The maximum atomic E-state index is 12.7. The molecule has 0 radical (unpaired) electrons. The van der Waals surface area contributed by atoms with Crippen LogP contribution in [0.3, 0.4) is 0 Å². The molecule has 24 heavy (non-hydrogen) atoms. The first-order valence-electron chi connectivity index (χ1n) is 6.99. The van der Waals surface area contributed by atoms with Gasteiger partial charge in [0, 0.05) is 27.0 Å². The minimum absolute atomic E-state index is 0.0303. The van der Waals surface area contributed by atoms with E-state index in [2.05, 4.69) is 4.72 Å². The Bertz CT molecular complexity index is 1010. The van der Waals surface area contributed by atoms with Crippen LogP contribution >= 0.6 is 34.8 Å². The molecule has 0 bridgehead atoms. The maximum Gasteiger partial charge on any atom is 0.241 e. The van der Waals surface area contributed by atoms with Crippen LogP contribution in [0.15, 0.2) is 59.5 Å². The van der Waals surface area contributed by atoms with E-state index in [9.17, 15) is 8.42 Å². The van der Waals surface area contributed by atoms with Gasteiger partial charge in [-0.15, -0.1) is 0 Å². The van der Waals surface area contributed by atoms with Crippen LogP contribution in [0, 0.1) is 0 Å². The van der Waals surface area contributed by atoms with Crippen LogP contribution in [0.4, 0.5) is 0 Å². The Morgan fingerprint density at radius 1 is 0.875 bits per heavy atom. The molecule has 0 heterocycles. The van der Waals surface area contributed by atoms with E-state index < -0.39 is 10.0 Å². The third kappa shape index (κ3) is 3.53. The van der Waals surface area contributed by atoms with Crippen molar-refractivity contribution < 1.29 is 8.42 Å². The van der Waals surface area contributed by atoms with Crippen molar-refractivity contribution in [1.29, 1.82) is 0 Å². The summed E-state index contributed by atoms with van der Waals surface area (Å²) < 4.78 is 28.0. The van der Waals surface area contributed by atoms with Crippen molar-refractivity contribution in [3.63, 3.8) is 0 Å². The summed E-state index contributed by atoms with van der Waals surface area (Å²) in [5.41, 5.74) is 0.596. The number of nitrogens with one attached hydrogen (secondary N) is 1. The van der Waals surface area contributed by atoms with E-state index in [-0.39, 0.29) is 11.4 Å². The Labute approximate surface area is 155 Å². The van der Waals surface area contributed by atoms with Crippen molar-refractivity contribution in [2.45, 2.75) is 11.4 Å².